The average molecular weight is 317 g/mol. The molecule has 1 aromatic rings. The number of amides is 1. The summed E-state index contributed by atoms with van der Waals surface area (Å²) in [5.74, 6) is 1.08. The largest absolute Gasteiger partial charge is 0.493 e. The van der Waals surface area contributed by atoms with Crippen LogP contribution >= 0.6 is 12.4 Å². The zero-order chi connectivity index (χ0) is 15.1. The Kier molecular flexibility index (Phi) is 8.81. The summed E-state index contributed by atoms with van der Waals surface area (Å²) in [5.41, 5.74) is 1.46. The highest BCUT2D eigenvalue weighted by molar-refractivity contribution is 5.96. The minimum Gasteiger partial charge on any atom is -0.493 e. The van der Waals surface area contributed by atoms with Gasteiger partial charge in [-0.15, -0.1) is 12.4 Å². The number of methoxy groups -OCH3 is 2. The summed E-state index contributed by atoms with van der Waals surface area (Å²) < 4.78 is 10.4. The summed E-state index contributed by atoms with van der Waals surface area (Å²) in [6.07, 6.45) is 0. The smallest absolute Gasteiger partial charge is 0.251 e. The molecule has 21 heavy (non-hydrogen) atoms. The van der Waals surface area contributed by atoms with Crippen LogP contribution in [-0.2, 0) is 0 Å². The monoisotopic (exact) mass is 316 g/mol. The summed E-state index contributed by atoms with van der Waals surface area (Å²) in [6.45, 7) is 7.42. The lowest BCUT2D eigenvalue weighted by atomic mass is 10.1. The first kappa shape index (κ1) is 19.5. The van der Waals surface area contributed by atoms with Gasteiger partial charge in [-0.05, 0) is 38.1 Å². The lowest BCUT2D eigenvalue weighted by molar-refractivity contribution is 0.0949. The van der Waals surface area contributed by atoms with Crippen molar-refractivity contribution in [3.05, 3.63) is 23.3 Å². The standard InChI is InChI=1S/C15H24N2O3.ClH/c1-6-16-11(3)9-17-15(18)12-8-14(20-5)13(19-4)7-10(12)2;/h7-8,11,16H,6,9H2,1-5H3,(H,17,18);1H/t11-;/m1./s1. The van der Waals surface area contributed by atoms with Crippen molar-refractivity contribution in [3.63, 3.8) is 0 Å². The van der Waals surface area contributed by atoms with Gasteiger partial charge in [-0.3, -0.25) is 4.79 Å². The van der Waals surface area contributed by atoms with Crippen LogP contribution in [-0.4, -0.2) is 39.3 Å². The first-order chi connectivity index (χ1) is 9.53. The Balaban J connectivity index is 0.00000400. The second-order valence-corrected chi connectivity index (χ2v) is 4.69. The zero-order valence-electron chi connectivity index (χ0n) is 13.3. The number of ether oxygens (including phenoxy) is 2. The Morgan fingerprint density at radius 3 is 2.33 bits per heavy atom. The van der Waals surface area contributed by atoms with Gasteiger partial charge in [0.05, 0.1) is 14.2 Å². The van der Waals surface area contributed by atoms with E-state index in [1.807, 2.05) is 26.8 Å². The van der Waals surface area contributed by atoms with Crippen molar-refractivity contribution in [2.75, 3.05) is 27.3 Å². The SMILES string of the molecule is CCN[C@H](C)CNC(=O)c1cc(OC)c(OC)cc1C.Cl. The Morgan fingerprint density at radius 2 is 1.81 bits per heavy atom. The minimum atomic E-state index is -0.104. The molecule has 0 fully saturated rings. The normalized spacial score (nSPS) is 11.3. The van der Waals surface area contributed by atoms with Crippen LogP contribution in [0.1, 0.15) is 29.8 Å². The van der Waals surface area contributed by atoms with Gasteiger partial charge in [-0.25, -0.2) is 0 Å². The maximum Gasteiger partial charge on any atom is 0.251 e. The number of rotatable bonds is 7. The number of hydrogen-bond donors (Lipinski definition) is 2. The van der Waals surface area contributed by atoms with E-state index in [-0.39, 0.29) is 24.4 Å². The summed E-state index contributed by atoms with van der Waals surface area (Å²) in [7, 11) is 3.14. The van der Waals surface area contributed by atoms with Crippen molar-refractivity contribution in [2.45, 2.75) is 26.8 Å². The number of nitrogens with one attached hydrogen (secondary N) is 2. The summed E-state index contributed by atoms with van der Waals surface area (Å²) in [4.78, 5) is 12.2. The van der Waals surface area contributed by atoms with E-state index in [9.17, 15) is 4.79 Å². The van der Waals surface area contributed by atoms with Crippen LogP contribution in [0.2, 0.25) is 0 Å². The van der Waals surface area contributed by atoms with E-state index in [2.05, 4.69) is 10.6 Å². The topological polar surface area (TPSA) is 59.6 Å². The molecule has 6 heteroatoms. The van der Waals surface area contributed by atoms with Crippen LogP contribution in [0.5, 0.6) is 11.5 Å². The fourth-order valence-corrected chi connectivity index (χ4v) is 1.99. The molecule has 0 heterocycles. The molecular weight excluding hydrogens is 292 g/mol. The van der Waals surface area contributed by atoms with Crippen molar-refractivity contribution in [3.8, 4) is 11.5 Å². The maximum atomic E-state index is 12.2. The summed E-state index contributed by atoms with van der Waals surface area (Å²) >= 11 is 0. The zero-order valence-corrected chi connectivity index (χ0v) is 14.1. The van der Waals surface area contributed by atoms with Crippen molar-refractivity contribution < 1.29 is 14.3 Å². The molecule has 0 aliphatic carbocycles. The number of hydrogen-bond acceptors (Lipinski definition) is 4. The van der Waals surface area contributed by atoms with E-state index >= 15 is 0 Å². The van der Waals surface area contributed by atoms with E-state index in [0.717, 1.165) is 12.1 Å². The van der Waals surface area contributed by atoms with Crippen molar-refractivity contribution in [1.82, 2.24) is 10.6 Å². The summed E-state index contributed by atoms with van der Waals surface area (Å²) in [5, 5.41) is 6.16. The lowest BCUT2D eigenvalue weighted by Crippen LogP contribution is -2.39. The van der Waals surface area contributed by atoms with Crippen molar-refractivity contribution in [1.29, 1.82) is 0 Å². The molecule has 1 atom stereocenters. The van der Waals surface area contributed by atoms with Gasteiger partial charge in [-0.1, -0.05) is 6.92 Å². The van der Waals surface area contributed by atoms with Gasteiger partial charge in [0.2, 0.25) is 0 Å². The second kappa shape index (κ2) is 9.47. The van der Waals surface area contributed by atoms with Crippen LogP contribution in [0.3, 0.4) is 0 Å². The molecule has 0 aliphatic rings. The second-order valence-electron chi connectivity index (χ2n) is 4.69. The van der Waals surface area contributed by atoms with Gasteiger partial charge in [0.25, 0.3) is 5.91 Å². The molecule has 1 amide bonds. The predicted molar refractivity (Wildman–Crippen MR) is 87.0 cm³/mol. The molecule has 2 N–H and O–H groups in total. The van der Waals surface area contributed by atoms with Crippen molar-refractivity contribution >= 4 is 18.3 Å². The summed E-state index contributed by atoms with van der Waals surface area (Å²) in [6, 6.07) is 3.76. The first-order valence-electron chi connectivity index (χ1n) is 6.77. The molecule has 0 saturated heterocycles. The molecule has 5 nitrogen and oxygen atoms in total. The first-order valence-corrected chi connectivity index (χ1v) is 6.77. The fraction of sp³-hybridized carbons (Fsp3) is 0.533. The van der Waals surface area contributed by atoms with Gasteiger partial charge in [0.1, 0.15) is 0 Å². The highest BCUT2D eigenvalue weighted by Gasteiger charge is 2.14. The van der Waals surface area contributed by atoms with Crippen LogP contribution in [0.25, 0.3) is 0 Å². The van der Waals surface area contributed by atoms with E-state index in [0.29, 0.717) is 23.6 Å². The third-order valence-electron chi connectivity index (χ3n) is 3.10. The number of likely N-dealkylation sites (N-methyl/N-ethyl adjacent to an activating group) is 1. The third-order valence-corrected chi connectivity index (χ3v) is 3.10. The van der Waals surface area contributed by atoms with E-state index in [4.69, 9.17) is 9.47 Å². The number of halogens is 1. The quantitative estimate of drug-likeness (QED) is 0.809. The molecule has 0 aliphatic heterocycles. The Labute approximate surface area is 132 Å². The molecule has 120 valence electrons. The number of aryl methyl sites for hydroxylation is 1. The minimum absolute atomic E-state index is 0. The molecule has 0 bridgehead atoms. The highest BCUT2D eigenvalue weighted by Crippen LogP contribution is 2.30. The van der Waals surface area contributed by atoms with Crippen LogP contribution in [0, 0.1) is 6.92 Å². The van der Waals surface area contributed by atoms with Gasteiger partial charge in [-0.2, -0.15) is 0 Å². The number of carbonyl (C=O) groups is 1. The predicted octanol–water partition coefficient (Wildman–Crippen LogP) is 2.16. The Morgan fingerprint density at radius 1 is 1.24 bits per heavy atom. The molecule has 0 spiro atoms. The molecular formula is C15H25ClN2O3. The van der Waals surface area contributed by atoms with Gasteiger partial charge < -0.3 is 20.1 Å². The number of benzene rings is 1. The Hall–Kier alpha value is -1.46. The van der Waals surface area contributed by atoms with Crippen molar-refractivity contribution in [2.24, 2.45) is 0 Å². The highest BCUT2D eigenvalue weighted by atomic mass is 35.5. The van der Waals surface area contributed by atoms with Crippen LogP contribution in [0.4, 0.5) is 0 Å². The van der Waals surface area contributed by atoms with E-state index in [1.54, 1.807) is 20.3 Å². The third kappa shape index (κ3) is 5.44. The molecule has 1 aromatic carbocycles. The fourth-order valence-electron chi connectivity index (χ4n) is 1.99. The molecule has 0 saturated carbocycles. The molecule has 0 aromatic heterocycles. The molecule has 0 radical (unpaired) electrons. The van der Waals surface area contributed by atoms with E-state index in [1.165, 1.54) is 0 Å². The molecule has 0 unspecified atom stereocenters. The molecule has 1 rings (SSSR count). The maximum absolute atomic E-state index is 12.2. The Bertz CT molecular complexity index is 466. The average Bonchev–Trinajstić information content (AvgIpc) is 2.44. The number of carbonyl (C=O) groups excluding carboxylic acids is 1. The van der Waals surface area contributed by atoms with Crippen LogP contribution in [0.15, 0.2) is 12.1 Å². The van der Waals surface area contributed by atoms with Gasteiger partial charge in [0, 0.05) is 18.2 Å². The lowest BCUT2D eigenvalue weighted by Gasteiger charge is -2.15. The van der Waals surface area contributed by atoms with Gasteiger partial charge in [0.15, 0.2) is 11.5 Å². The van der Waals surface area contributed by atoms with Gasteiger partial charge >= 0.3 is 0 Å². The van der Waals surface area contributed by atoms with E-state index < -0.39 is 0 Å². The van der Waals surface area contributed by atoms with Crippen LogP contribution < -0.4 is 20.1 Å².